The lowest BCUT2D eigenvalue weighted by Crippen LogP contribution is -2.42. The molecule has 2 rings (SSSR count). The lowest BCUT2D eigenvalue weighted by molar-refractivity contribution is -0.133. The number of carbonyl (C=O) groups is 3. The third kappa shape index (κ3) is 7.33. The van der Waals surface area contributed by atoms with Gasteiger partial charge in [0.15, 0.2) is 0 Å². The summed E-state index contributed by atoms with van der Waals surface area (Å²) in [6.45, 7) is 8.98. The van der Waals surface area contributed by atoms with Crippen LogP contribution in [0.25, 0.3) is 0 Å². The highest BCUT2D eigenvalue weighted by Gasteiger charge is 2.34. The van der Waals surface area contributed by atoms with Gasteiger partial charge in [-0.25, -0.2) is 4.79 Å². The number of piperidine rings is 1. The molecule has 166 valence electrons. The van der Waals surface area contributed by atoms with Gasteiger partial charge < -0.3 is 19.5 Å². The molecule has 0 spiro atoms. The first-order chi connectivity index (χ1) is 14.0. The molecule has 0 aliphatic carbocycles. The van der Waals surface area contributed by atoms with Gasteiger partial charge in [0.05, 0.1) is 5.56 Å². The molecule has 1 aliphatic rings. The molecule has 2 unspecified atom stereocenters. The minimum absolute atomic E-state index is 0.126. The minimum Gasteiger partial charge on any atom is -0.456 e. The van der Waals surface area contributed by atoms with E-state index in [1.165, 1.54) is 18.2 Å². The van der Waals surface area contributed by atoms with Crippen molar-refractivity contribution in [2.75, 3.05) is 13.1 Å². The van der Waals surface area contributed by atoms with Gasteiger partial charge in [0.2, 0.25) is 0 Å². The highest BCUT2D eigenvalue weighted by atomic mass is 127. The van der Waals surface area contributed by atoms with E-state index in [2.05, 4.69) is 5.32 Å². The lowest BCUT2D eigenvalue weighted by Gasteiger charge is -2.36. The Morgan fingerprint density at radius 2 is 1.43 bits per heavy atom. The fourth-order valence-corrected chi connectivity index (χ4v) is 3.35. The number of ether oxygens (including phenoxy) is 3. The predicted molar refractivity (Wildman–Crippen MR) is 130 cm³/mol. The van der Waals surface area contributed by atoms with Crippen LogP contribution in [0.5, 0.6) is 11.5 Å². The Bertz CT molecular complexity index is 747. The Balaban J connectivity index is 2.27. The van der Waals surface area contributed by atoms with Crippen molar-refractivity contribution < 1.29 is 28.6 Å². The SMILES string of the molecule is CC(I)C(=O)Oc1cc(OC(=O)C(C)I)cc(C(=O)OC(C)(C)C2CCNCC2)c1. The first-order valence-corrected chi connectivity index (χ1v) is 12.3. The quantitative estimate of drug-likeness (QED) is 0.208. The third-order valence-corrected chi connectivity index (χ3v) is 5.90. The van der Waals surface area contributed by atoms with Gasteiger partial charge in [0, 0.05) is 12.0 Å². The number of nitrogens with one attached hydrogen (secondary N) is 1. The van der Waals surface area contributed by atoms with Gasteiger partial charge in [0.25, 0.3) is 0 Å². The molecule has 1 aliphatic heterocycles. The van der Waals surface area contributed by atoms with E-state index >= 15 is 0 Å². The average Bonchev–Trinajstić information content (AvgIpc) is 2.67. The van der Waals surface area contributed by atoms with Crippen LogP contribution < -0.4 is 14.8 Å². The van der Waals surface area contributed by atoms with Crippen molar-refractivity contribution in [1.29, 1.82) is 0 Å². The topological polar surface area (TPSA) is 90.9 Å². The maximum Gasteiger partial charge on any atom is 0.338 e. The normalized spacial score (nSPS) is 17.0. The summed E-state index contributed by atoms with van der Waals surface area (Å²) in [6.07, 6.45) is 1.84. The van der Waals surface area contributed by atoms with Crippen LogP contribution in [0.1, 0.15) is 50.9 Å². The van der Waals surface area contributed by atoms with Gasteiger partial charge in [-0.05, 0) is 65.8 Å². The van der Waals surface area contributed by atoms with E-state index in [4.69, 9.17) is 14.2 Å². The van der Waals surface area contributed by atoms with Crippen LogP contribution in [-0.4, -0.2) is 44.4 Å². The Labute approximate surface area is 204 Å². The molecule has 1 aromatic rings. The monoisotopic (exact) mass is 643 g/mol. The first-order valence-electron chi connectivity index (χ1n) is 9.80. The first kappa shape index (κ1) is 25.3. The summed E-state index contributed by atoms with van der Waals surface area (Å²) in [4.78, 5) is 36.9. The summed E-state index contributed by atoms with van der Waals surface area (Å²) >= 11 is 3.88. The van der Waals surface area contributed by atoms with Gasteiger partial charge in [-0.1, -0.05) is 45.2 Å². The molecule has 1 aromatic carbocycles. The summed E-state index contributed by atoms with van der Waals surface area (Å²) < 4.78 is 15.8. The molecule has 1 fully saturated rings. The fraction of sp³-hybridized carbons (Fsp3) is 0.571. The van der Waals surface area contributed by atoms with Crippen LogP contribution in [0.4, 0.5) is 0 Å². The molecule has 1 saturated heterocycles. The molecule has 1 heterocycles. The Morgan fingerprint density at radius 3 is 1.87 bits per heavy atom. The molecule has 9 heteroatoms. The average molecular weight is 643 g/mol. The zero-order valence-corrected chi connectivity index (χ0v) is 21.8. The van der Waals surface area contributed by atoms with Gasteiger partial charge in [-0.3, -0.25) is 9.59 Å². The number of halogens is 2. The van der Waals surface area contributed by atoms with E-state index in [-0.39, 0.29) is 30.8 Å². The molecular formula is C21H27I2NO6. The molecule has 30 heavy (non-hydrogen) atoms. The minimum atomic E-state index is -0.657. The zero-order valence-electron chi connectivity index (χ0n) is 17.5. The number of hydrogen-bond acceptors (Lipinski definition) is 7. The number of hydrogen-bond donors (Lipinski definition) is 1. The second-order valence-electron chi connectivity index (χ2n) is 7.78. The van der Waals surface area contributed by atoms with Crippen LogP contribution in [0.3, 0.4) is 0 Å². The second-order valence-corrected chi connectivity index (χ2v) is 11.5. The Kier molecular flexibility index (Phi) is 9.34. The van der Waals surface area contributed by atoms with Gasteiger partial charge in [-0.2, -0.15) is 0 Å². The van der Waals surface area contributed by atoms with Crippen molar-refractivity contribution in [3.63, 3.8) is 0 Å². The molecule has 0 amide bonds. The van der Waals surface area contributed by atoms with Crippen molar-refractivity contribution in [1.82, 2.24) is 5.32 Å². The standard InChI is InChI=1S/C21H27I2NO6/c1-12(22)18(25)28-16-9-14(10-17(11-16)29-19(26)13(2)23)20(27)30-21(3,4)15-5-7-24-8-6-15/h9-13,15,24H,5-8H2,1-4H3. The lowest BCUT2D eigenvalue weighted by atomic mass is 9.83. The highest BCUT2D eigenvalue weighted by molar-refractivity contribution is 14.1. The summed E-state index contributed by atoms with van der Waals surface area (Å²) in [5.41, 5.74) is -0.497. The summed E-state index contributed by atoms with van der Waals surface area (Å²) in [5, 5.41) is 3.30. The molecule has 0 aromatic heterocycles. The Hall–Kier alpha value is -0.950. The number of esters is 3. The third-order valence-electron chi connectivity index (χ3n) is 4.88. The summed E-state index contributed by atoms with van der Waals surface area (Å²) in [7, 11) is 0. The smallest absolute Gasteiger partial charge is 0.338 e. The van der Waals surface area contributed by atoms with E-state index < -0.39 is 23.5 Å². The Morgan fingerprint density at radius 1 is 0.967 bits per heavy atom. The van der Waals surface area contributed by atoms with Gasteiger partial charge >= 0.3 is 17.9 Å². The number of rotatable bonds is 7. The molecule has 2 atom stereocenters. The number of alkyl halides is 2. The van der Waals surface area contributed by atoms with Crippen LogP contribution in [0.2, 0.25) is 0 Å². The highest BCUT2D eigenvalue weighted by Crippen LogP contribution is 2.31. The fourth-order valence-electron chi connectivity index (χ4n) is 3.10. The van der Waals surface area contributed by atoms with E-state index in [0.29, 0.717) is 0 Å². The van der Waals surface area contributed by atoms with Crippen molar-refractivity contribution in [3.05, 3.63) is 23.8 Å². The summed E-state index contributed by atoms with van der Waals surface area (Å²) in [5.74, 6) is -0.992. The molecular weight excluding hydrogens is 616 g/mol. The van der Waals surface area contributed by atoms with Crippen molar-refractivity contribution >= 4 is 63.1 Å². The van der Waals surface area contributed by atoms with Gasteiger partial charge in [-0.15, -0.1) is 0 Å². The summed E-state index contributed by atoms with van der Waals surface area (Å²) in [6, 6.07) is 4.29. The van der Waals surface area contributed by atoms with E-state index in [9.17, 15) is 14.4 Å². The number of carbonyl (C=O) groups excluding carboxylic acids is 3. The van der Waals surface area contributed by atoms with E-state index in [1.54, 1.807) is 13.8 Å². The molecule has 0 saturated carbocycles. The maximum absolute atomic E-state index is 12.9. The van der Waals surface area contributed by atoms with Crippen molar-refractivity contribution in [3.8, 4) is 11.5 Å². The van der Waals surface area contributed by atoms with Crippen LogP contribution >= 0.6 is 45.2 Å². The van der Waals surface area contributed by atoms with Crippen LogP contribution in [0, 0.1) is 5.92 Å². The van der Waals surface area contributed by atoms with E-state index in [1.807, 2.05) is 59.0 Å². The van der Waals surface area contributed by atoms with Crippen molar-refractivity contribution in [2.24, 2.45) is 5.92 Å². The van der Waals surface area contributed by atoms with Crippen LogP contribution in [0.15, 0.2) is 18.2 Å². The maximum atomic E-state index is 12.9. The van der Waals surface area contributed by atoms with Crippen molar-refractivity contribution in [2.45, 2.75) is 54.0 Å². The molecule has 0 radical (unpaired) electrons. The van der Waals surface area contributed by atoms with Gasteiger partial charge in [0.1, 0.15) is 24.9 Å². The van der Waals surface area contributed by atoms with E-state index in [0.717, 1.165) is 25.9 Å². The predicted octanol–water partition coefficient (Wildman–Crippen LogP) is 4.08. The molecule has 0 bridgehead atoms. The van der Waals surface area contributed by atoms with Crippen LogP contribution in [-0.2, 0) is 14.3 Å². The zero-order chi connectivity index (χ0) is 22.5. The number of benzene rings is 1. The molecule has 7 nitrogen and oxygen atoms in total. The molecule has 1 N–H and O–H groups in total. The second kappa shape index (κ2) is 11.1. The largest absolute Gasteiger partial charge is 0.456 e.